The van der Waals surface area contributed by atoms with Crippen LogP contribution in [0.15, 0.2) is 36.5 Å². The molecule has 2 atom stereocenters. The molecule has 0 aliphatic carbocycles. The SMILES string of the molecule is N[C@@H](Cc1ccc(-c2ccc(OCC3CCNCC3)nc2)cc1F)C(=O)N1CC[C@H](F)C1. The summed E-state index contributed by atoms with van der Waals surface area (Å²) in [5.41, 5.74) is 7.80. The van der Waals surface area contributed by atoms with E-state index in [-0.39, 0.29) is 18.9 Å². The van der Waals surface area contributed by atoms with Crippen molar-refractivity contribution in [2.24, 2.45) is 11.7 Å². The third kappa shape index (κ3) is 5.61. The maximum Gasteiger partial charge on any atom is 0.239 e. The van der Waals surface area contributed by atoms with Gasteiger partial charge in [-0.25, -0.2) is 13.8 Å². The van der Waals surface area contributed by atoms with E-state index in [0.29, 0.717) is 42.5 Å². The third-order valence-corrected chi connectivity index (χ3v) is 6.25. The van der Waals surface area contributed by atoms with Crippen LogP contribution < -0.4 is 15.8 Å². The highest BCUT2D eigenvalue weighted by molar-refractivity contribution is 5.82. The number of amides is 1. The quantitative estimate of drug-likeness (QED) is 0.687. The van der Waals surface area contributed by atoms with Crippen molar-refractivity contribution in [1.82, 2.24) is 15.2 Å². The van der Waals surface area contributed by atoms with Crippen molar-refractivity contribution in [2.45, 2.75) is 37.9 Å². The van der Waals surface area contributed by atoms with Crippen molar-refractivity contribution < 1.29 is 18.3 Å². The molecule has 1 aromatic heterocycles. The fraction of sp³-hybridized carbons (Fsp3) is 0.500. The van der Waals surface area contributed by atoms with E-state index < -0.39 is 18.0 Å². The number of hydrogen-bond donors (Lipinski definition) is 2. The van der Waals surface area contributed by atoms with E-state index in [1.807, 2.05) is 6.07 Å². The predicted molar refractivity (Wildman–Crippen MR) is 118 cm³/mol. The van der Waals surface area contributed by atoms with Crippen LogP contribution in [0.3, 0.4) is 0 Å². The lowest BCUT2D eigenvalue weighted by atomic mass is 9.99. The number of benzene rings is 1. The fourth-order valence-corrected chi connectivity index (χ4v) is 4.26. The van der Waals surface area contributed by atoms with Crippen LogP contribution in [-0.4, -0.2) is 60.8 Å². The summed E-state index contributed by atoms with van der Waals surface area (Å²) in [7, 11) is 0. The minimum Gasteiger partial charge on any atom is -0.477 e. The predicted octanol–water partition coefficient (Wildman–Crippen LogP) is 2.71. The van der Waals surface area contributed by atoms with Gasteiger partial charge >= 0.3 is 0 Å². The molecule has 1 amide bonds. The molecule has 172 valence electrons. The van der Waals surface area contributed by atoms with Gasteiger partial charge < -0.3 is 20.7 Å². The van der Waals surface area contributed by atoms with Crippen molar-refractivity contribution in [3.63, 3.8) is 0 Å². The van der Waals surface area contributed by atoms with Gasteiger partial charge in [-0.15, -0.1) is 0 Å². The van der Waals surface area contributed by atoms with Crippen LogP contribution in [0.1, 0.15) is 24.8 Å². The number of nitrogens with one attached hydrogen (secondary N) is 1. The molecular weight excluding hydrogens is 414 g/mol. The minimum absolute atomic E-state index is 0.0680. The van der Waals surface area contributed by atoms with Crippen molar-refractivity contribution in [3.8, 4) is 17.0 Å². The van der Waals surface area contributed by atoms with Crippen LogP contribution in [0, 0.1) is 11.7 Å². The number of halogens is 2. The van der Waals surface area contributed by atoms with Gasteiger partial charge in [-0.2, -0.15) is 0 Å². The summed E-state index contributed by atoms with van der Waals surface area (Å²) >= 11 is 0. The Hall–Kier alpha value is -2.58. The number of hydrogen-bond acceptors (Lipinski definition) is 5. The summed E-state index contributed by atoms with van der Waals surface area (Å²) < 4.78 is 33.9. The summed E-state index contributed by atoms with van der Waals surface area (Å²) in [5, 5.41) is 3.34. The summed E-state index contributed by atoms with van der Waals surface area (Å²) in [6, 6.07) is 7.61. The van der Waals surface area contributed by atoms with E-state index in [1.54, 1.807) is 24.4 Å². The molecule has 4 rings (SSSR count). The van der Waals surface area contributed by atoms with Gasteiger partial charge in [0.15, 0.2) is 0 Å². The molecule has 1 aromatic carbocycles. The molecule has 2 saturated heterocycles. The van der Waals surface area contributed by atoms with E-state index in [2.05, 4.69) is 10.3 Å². The van der Waals surface area contributed by atoms with Crippen LogP contribution >= 0.6 is 0 Å². The number of aromatic nitrogens is 1. The Morgan fingerprint density at radius 2 is 2.00 bits per heavy atom. The van der Waals surface area contributed by atoms with Crippen LogP contribution in [0.25, 0.3) is 11.1 Å². The Morgan fingerprint density at radius 3 is 2.66 bits per heavy atom. The second kappa shape index (κ2) is 10.4. The van der Waals surface area contributed by atoms with E-state index in [9.17, 15) is 13.6 Å². The number of nitrogens with zero attached hydrogens (tertiary/aromatic N) is 2. The summed E-state index contributed by atoms with van der Waals surface area (Å²) in [6.45, 7) is 3.13. The van der Waals surface area contributed by atoms with Gasteiger partial charge in [-0.3, -0.25) is 4.79 Å². The molecule has 2 fully saturated rings. The number of nitrogens with two attached hydrogens (primary N) is 1. The normalized spacial score (nSPS) is 20.3. The first kappa shape index (κ1) is 22.6. The zero-order valence-corrected chi connectivity index (χ0v) is 18.1. The van der Waals surface area contributed by atoms with E-state index >= 15 is 0 Å². The number of alkyl halides is 1. The molecule has 0 unspecified atom stereocenters. The topological polar surface area (TPSA) is 80.5 Å². The van der Waals surface area contributed by atoms with Crippen molar-refractivity contribution in [1.29, 1.82) is 0 Å². The maximum atomic E-state index is 14.7. The Balaban J connectivity index is 1.34. The van der Waals surface area contributed by atoms with Crippen LogP contribution in [0.2, 0.25) is 0 Å². The Morgan fingerprint density at radius 1 is 1.22 bits per heavy atom. The number of ether oxygens (including phenoxy) is 1. The highest BCUT2D eigenvalue weighted by atomic mass is 19.1. The number of carbonyl (C=O) groups is 1. The molecule has 8 heteroatoms. The molecule has 0 radical (unpaired) electrons. The first-order chi connectivity index (χ1) is 15.5. The molecule has 32 heavy (non-hydrogen) atoms. The van der Waals surface area contributed by atoms with Gasteiger partial charge in [0, 0.05) is 24.4 Å². The van der Waals surface area contributed by atoms with E-state index in [4.69, 9.17) is 10.5 Å². The second-order valence-electron chi connectivity index (χ2n) is 8.68. The minimum atomic E-state index is -1.00. The Bertz CT molecular complexity index is 919. The average molecular weight is 445 g/mol. The van der Waals surface area contributed by atoms with E-state index in [0.717, 1.165) is 31.5 Å². The van der Waals surface area contributed by atoms with Crippen molar-refractivity contribution in [3.05, 3.63) is 47.9 Å². The highest BCUT2D eigenvalue weighted by Gasteiger charge is 2.29. The molecule has 2 aliphatic heterocycles. The molecule has 6 nitrogen and oxygen atoms in total. The van der Waals surface area contributed by atoms with Crippen molar-refractivity contribution in [2.75, 3.05) is 32.8 Å². The fourth-order valence-electron chi connectivity index (χ4n) is 4.26. The first-order valence-electron chi connectivity index (χ1n) is 11.3. The molecule has 2 aliphatic rings. The summed E-state index contributed by atoms with van der Waals surface area (Å²) in [4.78, 5) is 18.1. The number of likely N-dealkylation sites (tertiary alicyclic amines) is 1. The molecule has 0 saturated carbocycles. The lowest BCUT2D eigenvalue weighted by molar-refractivity contribution is -0.131. The zero-order chi connectivity index (χ0) is 22.5. The summed E-state index contributed by atoms with van der Waals surface area (Å²) in [5.74, 6) is 0.340. The molecule has 3 N–H and O–H groups in total. The van der Waals surface area contributed by atoms with Gasteiger partial charge in [-0.05, 0) is 68.0 Å². The maximum absolute atomic E-state index is 14.7. The average Bonchev–Trinajstić information content (AvgIpc) is 3.25. The van der Waals surface area contributed by atoms with Crippen molar-refractivity contribution >= 4 is 5.91 Å². The number of carbonyl (C=O) groups excluding carboxylic acids is 1. The molecular formula is C24H30F2N4O2. The first-order valence-corrected chi connectivity index (χ1v) is 11.3. The van der Waals surface area contributed by atoms with Crippen LogP contribution in [-0.2, 0) is 11.2 Å². The smallest absolute Gasteiger partial charge is 0.239 e. The molecule has 3 heterocycles. The molecule has 0 spiro atoms. The number of piperidine rings is 1. The largest absolute Gasteiger partial charge is 0.477 e. The summed E-state index contributed by atoms with van der Waals surface area (Å²) in [6.07, 6.45) is 3.28. The number of rotatable bonds is 7. The monoisotopic (exact) mass is 444 g/mol. The molecule has 2 aromatic rings. The van der Waals surface area contributed by atoms with Gasteiger partial charge in [0.2, 0.25) is 11.8 Å². The van der Waals surface area contributed by atoms with Gasteiger partial charge in [0.1, 0.15) is 12.0 Å². The van der Waals surface area contributed by atoms with Gasteiger partial charge in [0.05, 0.1) is 19.2 Å². The number of pyridine rings is 1. The molecule has 0 bridgehead atoms. The lowest BCUT2D eigenvalue weighted by Crippen LogP contribution is -2.44. The Labute approximate surface area is 187 Å². The zero-order valence-electron chi connectivity index (χ0n) is 18.1. The Kier molecular flexibility index (Phi) is 7.32. The van der Waals surface area contributed by atoms with Gasteiger partial charge in [-0.1, -0.05) is 12.1 Å². The standard InChI is InChI=1S/C24H30F2N4O2/c25-20-7-10-30(14-20)24(31)22(27)12-18-2-1-17(11-21(18)26)19-3-4-23(29-13-19)32-15-16-5-8-28-9-6-16/h1-4,11,13,16,20,22,28H,5-10,12,14-15,27H2/t20-,22-/m0/s1. The highest BCUT2D eigenvalue weighted by Crippen LogP contribution is 2.24. The van der Waals surface area contributed by atoms with Crippen LogP contribution in [0.4, 0.5) is 8.78 Å². The third-order valence-electron chi connectivity index (χ3n) is 6.25. The lowest BCUT2D eigenvalue weighted by Gasteiger charge is -2.22. The second-order valence-corrected chi connectivity index (χ2v) is 8.68. The van der Waals surface area contributed by atoms with E-state index in [1.165, 1.54) is 11.0 Å². The van der Waals surface area contributed by atoms with Gasteiger partial charge in [0.25, 0.3) is 0 Å². The van der Waals surface area contributed by atoms with Crippen LogP contribution in [0.5, 0.6) is 5.88 Å².